The van der Waals surface area contributed by atoms with Crippen LogP contribution in [0, 0.1) is 6.92 Å². The number of hydrogen-bond donors (Lipinski definition) is 0. The molecule has 1 heterocycles. The first-order chi connectivity index (χ1) is 5.52. The fourth-order valence-electron chi connectivity index (χ4n) is 1.06. The average molecular weight is 204 g/mol. The van der Waals surface area contributed by atoms with E-state index in [2.05, 4.69) is 18.8 Å². The highest BCUT2D eigenvalue weighted by Crippen LogP contribution is 2.29. The molecular formula is C9H11Cl2N. The SMILES string of the molecule is Cc1cc(C(C)C)c(Cl)c(Cl)n1. The highest BCUT2D eigenvalue weighted by molar-refractivity contribution is 6.41. The van der Waals surface area contributed by atoms with Crippen molar-refractivity contribution < 1.29 is 0 Å². The largest absolute Gasteiger partial charge is 0.240 e. The zero-order valence-electron chi connectivity index (χ0n) is 7.36. The minimum absolute atomic E-state index is 0.386. The standard InChI is InChI=1S/C9H11Cl2N/c1-5(2)7-4-6(3)12-9(11)8(7)10/h4-5H,1-3H3. The first kappa shape index (κ1) is 9.82. The number of rotatable bonds is 1. The maximum absolute atomic E-state index is 5.97. The van der Waals surface area contributed by atoms with Gasteiger partial charge in [-0.15, -0.1) is 0 Å². The summed E-state index contributed by atoms with van der Waals surface area (Å²) in [6.07, 6.45) is 0. The summed E-state index contributed by atoms with van der Waals surface area (Å²) in [6, 6.07) is 1.97. The van der Waals surface area contributed by atoms with Crippen molar-refractivity contribution in [3.63, 3.8) is 0 Å². The molecule has 0 unspecified atom stereocenters. The second-order valence-electron chi connectivity index (χ2n) is 3.11. The van der Waals surface area contributed by atoms with Crippen LogP contribution in [0.5, 0.6) is 0 Å². The molecule has 0 amide bonds. The van der Waals surface area contributed by atoms with Gasteiger partial charge in [0.25, 0.3) is 0 Å². The lowest BCUT2D eigenvalue weighted by atomic mass is 10.0. The van der Waals surface area contributed by atoms with E-state index in [4.69, 9.17) is 23.2 Å². The summed E-state index contributed by atoms with van der Waals surface area (Å²) in [5, 5.41) is 0.984. The predicted molar refractivity (Wildman–Crippen MR) is 53.1 cm³/mol. The van der Waals surface area contributed by atoms with Crippen molar-refractivity contribution in [1.29, 1.82) is 0 Å². The molecular weight excluding hydrogens is 193 g/mol. The maximum Gasteiger partial charge on any atom is 0.148 e. The van der Waals surface area contributed by atoms with E-state index in [0.717, 1.165) is 11.3 Å². The highest BCUT2D eigenvalue weighted by atomic mass is 35.5. The molecule has 66 valence electrons. The van der Waals surface area contributed by atoms with E-state index in [1.165, 1.54) is 0 Å². The maximum atomic E-state index is 5.97. The topological polar surface area (TPSA) is 12.9 Å². The molecule has 0 N–H and O–H groups in total. The molecule has 1 nitrogen and oxygen atoms in total. The van der Waals surface area contributed by atoms with Crippen LogP contribution >= 0.6 is 23.2 Å². The molecule has 1 rings (SSSR count). The Hall–Kier alpha value is -0.270. The quantitative estimate of drug-likeness (QED) is 0.633. The lowest BCUT2D eigenvalue weighted by molar-refractivity contribution is 0.859. The summed E-state index contributed by atoms with van der Waals surface area (Å²) in [7, 11) is 0. The van der Waals surface area contributed by atoms with Crippen LogP contribution in [0.2, 0.25) is 10.2 Å². The predicted octanol–water partition coefficient (Wildman–Crippen LogP) is 3.82. The minimum Gasteiger partial charge on any atom is -0.240 e. The number of aromatic nitrogens is 1. The zero-order chi connectivity index (χ0) is 9.30. The Morgan fingerprint density at radius 2 is 1.92 bits per heavy atom. The van der Waals surface area contributed by atoms with Crippen molar-refractivity contribution in [3.05, 3.63) is 27.5 Å². The molecule has 0 saturated carbocycles. The molecule has 1 aromatic heterocycles. The number of nitrogens with zero attached hydrogens (tertiary/aromatic N) is 1. The van der Waals surface area contributed by atoms with E-state index in [9.17, 15) is 0 Å². The van der Waals surface area contributed by atoms with Crippen molar-refractivity contribution in [1.82, 2.24) is 4.98 Å². The Morgan fingerprint density at radius 3 is 2.42 bits per heavy atom. The van der Waals surface area contributed by atoms with Crippen LogP contribution in [0.15, 0.2) is 6.07 Å². The van der Waals surface area contributed by atoms with Crippen LogP contribution in [-0.4, -0.2) is 4.98 Å². The molecule has 0 spiro atoms. The molecule has 0 bridgehead atoms. The van der Waals surface area contributed by atoms with E-state index >= 15 is 0 Å². The van der Waals surface area contributed by atoms with E-state index < -0.39 is 0 Å². The van der Waals surface area contributed by atoms with Crippen LogP contribution in [0.4, 0.5) is 0 Å². The van der Waals surface area contributed by atoms with Gasteiger partial charge in [-0.2, -0.15) is 0 Å². The summed E-state index contributed by atoms with van der Waals surface area (Å²) in [5.74, 6) is 0.386. The van der Waals surface area contributed by atoms with Crippen molar-refractivity contribution in [2.45, 2.75) is 26.7 Å². The van der Waals surface area contributed by atoms with Gasteiger partial charge in [0, 0.05) is 5.69 Å². The fraction of sp³-hybridized carbons (Fsp3) is 0.444. The molecule has 0 aliphatic heterocycles. The van der Waals surface area contributed by atoms with Gasteiger partial charge in [0.1, 0.15) is 5.15 Å². The average Bonchev–Trinajstić information content (AvgIpc) is 1.96. The zero-order valence-corrected chi connectivity index (χ0v) is 8.87. The van der Waals surface area contributed by atoms with E-state index in [1.807, 2.05) is 13.0 Å². The Kier molecular flexibility index (Phi) is 2.97. The normalized spacial score (nSPS) is 10.8. The van der Waals surface area contributed by atoms with Gasteiger partial charge < -0.3 is 0 Å². The van der Waals surface area contributed by atoms with Gasteiger partial charge in [-0.1, -0.05) is 37.0 Å². The molecule has 0 fully saturated rings. The summed E-state index contributed by atoms with van der Waals surface area (Å²) in [4.78, 5) is 4.05. The van der Waals surface area contributed by atoms with Crippen LogP contribution in [-0.2, 0) is 0 Å². The summed E-state index contributed by atoms with van der Waals surface area (Å²) in [6.45, 7) is 6.07. The lowest BCUT2D eigenvalue weighted by Gasteiger charge is -2.09. The molecule has 0 aliphatic rings. The second-order valence-corrected chi connectivity index (χ2v) is 3.85. The van der Waals surface area contributed by atoms with E-state index in [0.29, 0.717) is 16.1 Å². The Labute approximate surface area is 82.7 Å². The fourth-order valence-corrected chi connectivity index (χ4v) is 1.62. The molecule has 0 atom stereocenters. The molecule has 12 heavy (non-hydrogen) atoms. The summed E-state index contributed by atoms with van der Waals surface area (Å²) >= 11 is 11.8. The van der Waals surface area contributed by atoms with Crippen molar-refractivity contribution in [2.75, 3.05) is 0 Å². The smallest absolute Gasteiger partial charge is 0.148 e. The third-order valence-electron chi connectivity index (χ3n) is 1.70. The van der Waals surface area contributed by atoms with Crippen LogP contribution in [0.1, 0.15) is 31.0 Å². The van der Waals surface area contributed by atoms with E-state index in [-0.39, 0.29) is 0 Å². The first-order valence-corrected chi connectivity index (χ1v) is 4.60. The van der Waals surface area contributed by atoms with Gasteiger partial charge in [0.05, 0.1) is 5.02 Å². The molecule has 0 radical (unpaired) electrons. The second kappa shape index (κ2) is 3.63. The Morgan fingerprint density at radius 1 is 1.33 bits per heavy atom. The minimum atomic E-state index is 0.386. The van der Waals surface area contributed by atoms with Crippen molar-refractivity contribution in [3.8, 4) is 0 Å². The molecule has 0 saturated heterocycles. The molecule has 1 aromatic rings. The van der Waals surface area contributed by atoms with Crippen LogP contribution in [0.25, 0.3) is 0 Å². The lowest BCUT2D eigenvalue weighted by Crippen LogP contribution is -1.93. The third-order valence-corrected chi connectivity index (χ3v) is 2.46. The van der Waals surface area contributed by atoms with Crippen molar-refractivity contribution >= 4 is 23.2 Å². The van der Waals surface area contributed by atoms with Gasteiger partial charge in [-0.25, -0.2) is 4.98 Å². The highest BCUT2D eigenvalue weighted by Gasteiger charge is 2.09. The third kappa shape index (κ3) is 1.90. The Bertz CT molecular complexity index is 295. The van der Waals surface area contributed by atoms with Crippen molar-refractivity contribution in [2.24, 2.45) is 0 Å². The van der Waals surface area contributed by atoms with Gasteiger partial charge in [-0.3, -0.25) is 0 Å². The van der Waals surface area contributed by atoms with Crippen LogP contribution in [0.3, 0.4) is 0 Å². The molecule has 0 aliphatic carbocycles. The summed E-state index contributed by atoms with van der Waals surface area (Å²) in [5.41, 5.74) is 1.97. The van der Waals surface area contributed by atoms with Gasteiger partial charge >= 0.3 is 0 Å². The monoisotopic (exact) mass is 203 g/mol. The number of pyridine rings is 1. The van der Waals surface area contributed by atoms with Crippen LogP contribution < -0.4 is 0 Å². The summed E-state index contributed by atoms with van der Waals surface area (Å²) < 4.78 is 0. The van der Waals surface area contributed by atoms with Gasteiger partial charge in [-0.05, 0) is 24.5 Å². The van der Waals surface area contributed by atoms with E-state index in [1.54, 1.807) is 0 Å². The molecule has 3 heteroatoms. The number of halogens is 2. The molecule has 0 aromatic carbocycles. The van der Waals surface area contributed by atoms with Gasteiger partial charge in [0.2, 0.25) is 0 Å². The van der Waals surface area contributed by atoms with Gasteiger partial charge in [0.15, 0.2) is 0 Å². The Balaban J connectivity index is 3.28. The number of hydrogen-bond acceptors (Lipinski definition) is 1. The number of aryl methyl sites for hydroxylation is 1. The first-order valence-electron chi connectivity index (χ1n) is 3.85.